The van der Waals surface area contributed by atoms with Crippen molar-refractivity contribution in [3.8, 4) is 0 Å². The highest BCUT2D eigenvalue weighted by Gasteiger charge is 2.24. The number of nitrogens with zero attached hydrogens (tertiary/aromatic N) is 3. The number of benzene rings is 1. The van der Waals surface area contributed by atoms with E-state index in [1.54, 1.807) is 13.8 Å². The van der Waals surface area contributed by atoms with Gasteiger partial charge in [-0.1, -0.05) is 23.4 Å². The largest absolute Gasteiger partial charge is 0.384 e. The number of fused-ring (bicyclic) bond motifs is 1. The molecule has 1 aromatic heterocycles. The Kier molecular flexibility index (Phi) is 3.11. The van der Waals surface area contributed by atoms with Gasteiger partial charge in [-0.3, -0.25) is 4.68 Å². The SMILES string of the molecule is CC(C)(O)c1cn(CC2Cc3ccccc3S2)nn1. The fourth-order valence-electron chi connectivity index (χ4n) is 2.23. The van der Waals surface area contributed by atoms with E-state index in [0.29, 0.717) is 10.9 Å². The second kappa shape index (κ2) is 4.65. The first-order valence-corrected chi connectivity index (χ1v) is 7.28. The summed E-state index contributed by atoms with van der Waals surface area (Å²) in [4.78, 5) is 1.37. The van der Waals surface area contributed by atoms with Gasteiger partial charge >= 0.3 is 0 Å². The van der Waals surface area contributed by atoms with Crippen molar-refractivity contribution < 1.29 is 5.11 Å². The Labute approximate surface area is 116 Å². The molecule has 1 unspecified atom stereocenters. The second-order valence-corrected chi connectivity index (χ2v) is 6.78. The first-order chi connectivity index (χ1) is 9.02. The smallest absolute Gasteiger partial charge is 0.114 e. The van der Waals surface area contributed by atoms with Crippen molar-refractivity contribution in [2.75, 3.05) is 0 Å². The molecule has 5 heteroatoms. The highest BCUT2D eigenvalue weighted by atomic mass is 32.2. The standard InChI is InChI=1S/C14H17N3OS/c1-14(2,18)13-9-17(16-15-13)8-11-7-10-5-3-4-6-12(10)19-11/h3-6,9,11,18H,7-8H2,1-2H3. The summed E-state index contributed by atoms with van der Waals surface area (Å²) in [6.45, 7) is 4.27. The van der Waals surface area contributed by atoms with E-state index in [9.17, 15) is 5.11 Å². The van der Waals surface area contributed by atoms with Crippen LogP contribution in [0.4, 0.5) is 0 Å². The number of hydrogen-bond donors (Lipinski definition) is 1. The van der Waals surface area contributed by atoms with Gasteiger partial charge in [0, 0.05) is 10.1 Å². The van der Waals surface area contributed by atoms with E-state index in [4.69, 9.17) is 0 Å². The minimum atomic E-state index is -0.927. The first kappa shape index (κ1) is 12.7. The lowest BCUT2D eigenvalue weighted by atomic mass is 10.1. The summed E-state index contributed by atoms with van der Waals surface area (Å²) in [6.07, 6.45) is 2.90. The molecule has 0 fully saturated rings. The van der Waals surface area contributed by atoms with E-state index >= 15 is 0 Å². The third kappa shape index (κ3) is 2.67. The van der Waals surface area contributed by atoms with Crippen LogP contribution >= 0.6 is 11.8 Å². The fourth-order valence-corrected chi connectivity index (χ4v) is 3.54. The van der Waals surface area contributed by atoms with Crippen LogP contribution in [0.25, 0.3) is 0 Å². The Morgan fingerprint density at radius 1 is 1.42 bits per heavy atom. The number of hydrogen-bond acceptors (Lipinski definition) is 4. The van der Waals surface area contributed by atoms with Gasteiger partial charge in [0.25, 0.3) is 0 Å². The van der Waals surface area contributed by atoms with Gasteiger partial charge in [-0.05, 0) is 31.9 Å². The molecule has 1 aliphatic heterocycles. The van der Waals surface area contributed by atoms with Crippen molar-refractivity contribution >= 4 is 11.8 Å². The molecule has 0 radical (unpaired) electrons. The molecule has 3 rings (SSSR count). The lowest BCUT2D eigenvalue weighted by Gasteiger charge is -2.12. The van der Waals surface area contributed by atoms with Gasteiger partial charge in [-0.25, -0.2) is 0 Å². The minimum Gasteiger partial charge on any atom is -0.384 e. The summed E-state index contributed by atoms with van der Waals surface area (Å²) in [5, 5.41) is 18.5. The first-order valence-electron chi connectivity index (χ1n) is 6.40. The van der Waals surface area contributed by atoms with Crippen molar-refractivity contribution in [3.05, 3.63) is 41.7 Å². The van der Waals surface area contributed by atoms with Gasteiger partial charge in [0.2, 0.25) is 0 Å². The molecule has 2 heterocycles. The molecule has 100 valence electrons. The Hall–Kier alpha value is -1.33. The normalized spacial score (nSPS) is 18.6. The average Bonchev–Trinajstić information content (AvgIpc) is 2.94. The third-order valence-corrected chi connectivity index (χ3v) is 4.57. The highest BCUT2D eigenvalue weighted by molar-refractivity contribution is 8.00. The maximum atomic E-state index is 9.88. The van der Waals surface area contributed by atoms with Gasteiger partial charge in [0.15, 0.2) is 0 Å². The quantitative estimate of drug-likeness (QED) is 0.933. The zero-order valence-electron chi connectivity index (χ0n) is 11.1. The molecular formula is C14H17N3OS. The van der Waals surface area contributed by atoms with Crippen LogP contribution < -0.4 is 0 Å². The predicted molar refractivity (Wildman–Crippen MR) is 75.1 cm³/mol. The number of aliphatic hydroxyl groups is 1. The maximum Gasteiger partial charge on any atom is 0.114 e. The second-order valence-electron chi connectivity index (χ2n) is 5.44. The van der Waals surface area contributed by atoms with E-state index in [0.717, 1.165) is 13.0 Å². The maximum absolute atomic E-state index is 9.88. The number of aromatic nitrogens is 3. The molecule has 0 aliphatic carbocycles. The highest BCUT2D eigenvalue weighted by Crippen LogP contribution is 2.37. The molecule has 0 saturated carbocycles. The van der Waals surface area contributed by atoms with E-state index in [1.165, 1.54) is 10.5 Å². The molecule has 1 aromatic carbocycles. The van der Waals surface area contributed by atoms with Crippen LogP contribution in [-0.4, -0.2) is 25.4 Å². The lowest BCUT2D eigenvalue weighted by Crippen LogP contribution is -2.16. The molecule has 2 aromatic rings. The van der Waals surface area contributed by atoms with Crippen molar-refractivity contribution in [2.24, 2.45) is 0 Å². The minimum absolute atomic E-state index is 0.494. The Morgan fingerprint density at radius 2 is 2.21 bits per heavy atom. The van der Waals surface area contributed by atoms with Crippen LogP contribution in [0, 0.1) is 0 Å². The molecule has 1 aliphatic rings. The van der Waals surface area contributed by atoms with Crippen LogP contribution in [-0.2, 0) is 18.6 Å². The summed E-state index contributed by atoms with van der Waals surface area (Å²) in [6, 6.07) is 8.52. The molecule has 0 bridgehead atoms. The van der Waals surface area contributed by atoms with E-state index in [1.807, 2.05) is 22.6 Å². The van der Waals surface area contributed by atoms with Gasteiger partial charge in [0.05, 0.1) is 12.7 Å². The topological polar surface area (TPSA) is 50.9 Å². The molecule has 0 spiro atoms. The van der Waals surface area contributed by atoms with E-state index in [2.05, 4.69) is 34.6 Å². The third-order valence-electron chi connectivity index (χ3n) is 3.27. The summed E-state index contributed by atoms with van der Waals surface area (Å²) < 4.78 is 1.83. The zero-order chi connectivity index (χ0) is 13.5. The fraction of sp³-hybridized carbons (Fsp3) is 0.429. The lowest BCUT2D eigenvalue weighted by molar-refractivity contribution is 0.0737. The summed E-state index contributed by atoms with van der Waals surface area (Å²) in [5.41, 5.74) is 1.11. The molecule has 1 atom stereocenters. The van der Waals surface area contributed by atoms with Crippen molar-refractivity contribution in [2.45, 2.75) is 42.6 Å². The Bertz CT molecular complexity index is 563. The van der Waals surface area contributed by atoms with Crippen LogP contribution in [0.15, 0.2) is 35.4 Å². The molecule has 19 heavy (non-hydrogen) atoms. The molecule has 0 saturated heterocycles. The Morgan fingerprint density at radius 3 is 2.89 bits per heavy atom. The molecule has 1 N–H and O–H groups in total. The monoisotopic (exact) mass is 275 g/mol. The van der Waals surface area contributed by atoms with Gasteiger partial charge < -0.3 is 5.11 Å². The summed E-state index contributed by atoms with van der Waals surface area (Å²) in [5.74, 6) is 0. The van der Waals surface area contributed by atoms with Gasteiger partial charge in [-0.15, -0.1) is 16.9 Å². The zero-order valence-corrected chi connectivity index (χ0v) is 11.9. The molecule has 4 nitrogen and oxygen atoms in total. The van der Waals surface area contributed by atoms with Crippen molar-refractivity contribution in [1.29, 1.82) is 0 Å². The van der Waals surface area contributed by atoms with Crippen molar-refractivity contribution in [3.63, 3.8) is 0 Å². The summed E-state index contributed by atoms with van der Waals surface area (Å²) in [7, 11) is 0. The van der Waals surface area contributed by atoms with E-state index < -0.39 is 5.60 Å². The van der Waals surface area contributed by atoms with Gasteiger partial charge in [-0.2, -0.15) is 0 Å². The molecular weight excluding hydrogens is 258 g/mol. The Balaban J connectivity index is 1.70. The number of thioether (sulfide) groups is 1. The average molecular weight is 275 g/mol. The van der Waals surface area contributed by atoms with Crippen LogP contribution in [0.2, 0.25) is 0 Å². The van der Waals surface area contributed by atoms with Crippen molar-refractivity contribution in [1.82, 2.24) is 15.0 Å². The predicted octanol–water partition coefficient (Wildman–Crippen LogP) is 2.22. The van der Waals surface area contributed by atoms with E-state index in [-0.39, 0.29) is 0 Å². The van der Waals surface area contributed by atoms with Crippen LogP contribution in [0.5, 0.6) is 0 Å². The van der Waals surface area contributed by atoms with Crippen LogP contribution in [0.3, 0.4) is 0 Å². The molecule has 0 amide bonds. The van der Waals surface area contributed by atoms with Gasteiger partial charge in [0.1, 0.15) is 11.3 Å². The number of rotatable bonds is 3. The summed E-state index contributed by atoms with van der Waals surface area (Å²) >= 11 is 1.90. The van der Waals surface area contributed by atoms with Crippen LogP contribution in [0.1, 0.15) is 25.1 Å².